The Morgan fingerprint density at radius 2 is 1.74 bits per heavy atom. The molecule has 0 rings (SSSR count). The van der Waals surface area contributed by atoms with Gasteiger partial charge in [0.15, 0.2) is 0 Å². The van der Waals surface area contributed by atoms with Crippen LogP contribution in [0, 0.1) is 24.2 Å². The zero-order valence-corrected chi connectivity index (χ0v) is 15.1. The maximum atomic E-state index is 12.3. The highest BCUT2D eigenvalue weighted by Gasteiger charge is 2.29. The predicted octanol–water partition coefficient (Wildman–Crippen LogP) is 3.47. The molecule has 0 saturated carbocycles. The van der Waals surface area contributed by atoms with Gasteiger partial charge in [-0.05, 0) is 31.1 Å². The smallest absolute Gasteiger partial charge is 0.410 e. The Labute approximate surface area is 140 Å². The zero-order valence-electron chi connectivity index (χ0n) is 15.1. The molecular formula is C18H31NO4. The van der Waals surface area contributed by atoms with Gasteiger partial charge < -0.3 is 9.47 Å². The number of esters is 1. The summed E-state index contributed by atoms with van der Waals surface area (Å²) < 4.78 is 10.4. The fraction of sp³-hybridized carbons (Fsp3) is 0.778. The summed E-state index contributed by atoms with van der Waals surface area (Å²) in [5, 5.41) is 0. The van der Waals surface area contributed by atoms with Crippen molar-refractivity contribution in [3.05, 3.63) is 0 Å². The van der Waals surface area contributed by atoms with Crippen LogP contribution in [0.5, 0.6) is 0 Å². The molecule has 0 aromatic heterocycles. The molecule has 1 atom stereocenters. The number of terminal acetylenes is 1. The lowest BCUT2D eigenvalue weighted by atomic mass is 10.0. The number of nitrogens with zero attached hydrogens (tertiary/aromatic N) is 1. The molecule has 1 amide bonds. The minimum atomic E-state index is -0.632. The van der Waals surface area contributed by atoms with Gasteiger partial charge in [-0.2, -0.15) is 0 Å². The van der Waals surface area contributed by atoms with Gasteiger partial charge in [0.1, 0.15) is 12.6 Å². The Balaban J connectivity index is 4.56. The summed E-state index contributed by atoms with van der Waals surface area (Å²) in [5.74, 6) is 2.86. The van der Waals surface area contributed by atoms with Crippen molar-refractivity contribution >= 4 is 12.1 Å². The van der Waals surface area contributed by atoms with Gasteiger partial charge in [0.25, 0.3) is 0 Å². The van der Waals surface area contributed by atoms with E-state index in [9.17, 15) is 9.59 Å². The number of hydrogen-bond acceptors (Lipinski definition) is 4. The van der Waals surface area contributed by atoms with E-state index in [4.69, 9.17) is 15.9 Å². The normalized spacial score (nSPS) is 11.9. The number of hydrogen-bond donors (Lipinski definition) is 0. The van der Waals surface area contributed by atoms with Crippen LogP contribution in [0.2, 0.25) is 0 Å². The fourth-order valence-corrected chi connectivity index (χ4v) is 2.05. The highest BCUT2D eigenvalue weighted by Crippen LogP contribution is 2.14. The lowest BCUT2D eigenvalue weighted by Crippen LogP contribution is -2.44. The standard InChI is InChI=1S/C18H31NO4/c1-7-8-11-23-18(21)19(6)16(13-15(4)5)17(20)22-12-9-10-14(2)3/h1,14-16H,8-13H2,2-6H3/t16-/m0/s1. The summed E-state index contributed by atoms with van der Waals surface area (Å²) in [4.78, 5) is 25.6. The fourth-order valence-electron chi connectivity index (χ4n) is 2.05. The molecule has 5 nitrogen and oxygen atoms in total. The van der Waals surface area contributed by atoms with Crippen LogP contribution >= 0.6 is 0 Å². The van der Waals surface area contributed by atoms with E-state index in [1.807, 2.05) is 13.8 Å². The molecule has 0 aromatic rings. The number of ether oxygens (including phenoxy) is 2. The van der Waals surface area contributed by atoms with Crippen LogP contribution in [0.15, 0.2) is 0 Å². The highest BCUT2D eigenvalue weighted by molar-refractivity contribution is 5.81. The molecule has 0 N–H and O–H groups in total. The van der Waals surface area contributed by atoms with E-state index >= 15 is 0 Å². The van der Waals surface area contributed by atoms with Gasteiger partial charge in [0.05, 0.1) is 6.61 Å². The van der Waals surface area contributed by atoms with Crippen molar-refractivity contribution in [2.45, 2.75) is 59.4 Å². The number of rotatable bonds is 10. The Bertz CT molecular complexity index is 398. The lowest BCUT2D eigenvalue weighted by Gasteiger charge is -2.27. The van der Waals surface area contributed by atoms with Crippen LogP contribution in [-0.2, 0) is 14.3 Å². The molecule has 0 bridgehead atoms. The summed E-state index contributed by atoms with van der Waals surface area (Å²) in [6, 6.07) is -0.632. The highest BCUT2D eigenvalue weighted by atomic mass is 16.6. The molecule has 0 spiro atoms. The van der Waals surface area contributed by atoms with Gasteiger partial charge in [0, 0.05) is 13.5 Å². The van der Waals surface area contributed by atoms with E-state index in [1.165, 1.54) is 4.90 Å². The van der Waals surface area contributed by atoms with E-state index in [2.05, 4.69) is 19.8 Å². The second kappa shape index (κ2) is 11.8. The molecule has 132 valence electrons. The second-order valence-electron chi connectivity index (χ2n) is 6.53. The molecule has 0 saturated heterocycles. The van der Waals surface area contributed by atoms with Gasteiger partial charge >= 0.3 is 12.1 Å². The van der Waals surface area contributed by atoms with Crippen molar-refractivity contribution in [2.24, 2.45) is 11.8 Å². The van der Waals surface area contributed by atoms with Crippen molar-refractivity contribution in [1.29, 1.82) is 0 Å². The monoisotopic (exact) mass is 325 g/mol. The summed E-state index contributed by atoms with van der Waals surface area (Å²) in [5.41, 5.74) is 0. The molecule has 0 radical (unpaired) electrons. The van der Waals surface area contributed by atoms with Crippen molar-refractivity contribution in [2.75, 3.05) is 20.3 Å². The predicted molar refractivity (Wildman–Crippen MR) is 90.8 cm³/mol. The minimum absolute atomic E-state index is 0.150. The third-order valence-electron chi connectivity index (χ3n) is 3.36. The summed E-state index contributed by atoms with van der Waals surface area (Å²) in [7, 11) is 1.56. The maximum absolute atomic E-state index is 12.3. The first-order valence-electron chi connectivity index (χ1n) is 8.29. The van der Waals surface area contributed by atoms with Crippen LogP contribution in [0.3, 0.4) is 0 Å². The van der Waals surface area contributed by atoms with E-state index in [1.54, 1.807) is 7.05 Å². The van der Waals surface area contributed by atoms with Gasteiger partial charge in [-0.1, -0.05) is 27.7 Å². The molecule has 5 heteroatoms. The van der Waals surface area contributed by atoms with Crippen LogP contribution in [-0.4, -0.2) is 43.3 Å². The van der Waals surface area contributed by atoms with Crippen molar-refractivity contribution in [1.82, 2.24) is 4.90 Å². The molecular weight excluding hydrogens is 294 g/mol. The molecule has 0 aliphatic rings. The average Bonchev–Trinajstić information content (AvgIpc) is 2.48. The van der Waals surface area contributed by atoms with E-state index in [-0.39, 0.29) is 18.5 Å². The van der Waals surface area contributed by atoms with Crippen molar-refractivity contribution in [3.63, 3.8) is 0 Å². The third kappa shape index (κ3) is 9.83. The Morgan fingerprint density at radius 3 is 2.26 bits per heavy atom. The largest absolute Gasteiger partial charge is 0.464 e. The number of carbonyl (C=O) groups is 2. The van der Waals surface area contributed by atoms with Crippen LogP contribution in [0.4, 0.5) is 4.79 Å². The maximum Gasteiger partial charge on any atom is 0.410 e. The first-order chi connectivity index (χ1) is 10.8. The van der Waals surface area contributed by atoms with Crippen molar-refractivity contribution in [3.8, 4) is 12.3 Å². The van der Waals surface area contributed by atoms with Gasteiger partial charge in [0.2, 0.25) is 0 Å². The van der Waals surface area contributed by atoms with Gasteiger partial charge in [-0.25, -0.2) is 9.59 Å². The van der Waals surface area contributed by atoms with Crippen LogP contribution in [0.1, 0.15) is 53.4 Å². The molecule has 0 aromatic carbocycles. The van der Waals surface area contributed by atoms with Gasteiger partial charge in [-0.3, -0.25) is 4.90 Å². The second-order valence-corrected chi connectivity index (χ2v) is 6.53. The SMILES string of the molecule is C#CCCOC(=O)N(C)[C@@H](CC(C)C)C(=O)OCCCC(C)C. The number of amides is 1. The number of carbonyl (C=O) groups excluding carboxylic acids is 2. The lowest BCUT2D eigenvalue weighted by molar-refractivity contribution is -0.149. The zero-order chi connectivity index (χ0) is 17.8. The average molecular weight is 325 g/mol. The quantitative estimate of drug-likeness (QED) is 0.350. The third-order valence-corrected chi connectivity index (χ3v) is 3.36. The minimum Gasteiger partial charge on any atom is -0.464 e. The molecule has 0 heterocycles. The van der Waals surface area contributed by atoms with E-state index in [0.717, 1.165) is 12.8 Å². The Morgan fingerprint density at radius 1 is 1.09 bits per heavy atom. The molecule has 0 unspecified atom stereocenters. The first-order valence-corrected chi connectivity index (χ1v) is 8.29. The molecule has 0 aliphatic carbocycles. The molecule has 23 heavy (non-hydrogen) atoms. The van der Waals surface area contributed by atoms with Crippen LogP contribution in [0.25, 0.3) is 0 Å². The van der Waals surface area contributed by atoms with E-state index < -0.39 is 12.1 Å². The van der Waals surface area contributed by atoms with Gasteiger partial charge in [-0.15, -0.1) is 12.3 Å². The molecule has 0 aliphatic heterocycles. The van der Waals surface area contributed by atoms with Crippen molar-refractivity contribution < 1.29 is 19.1 Å². The Hall–Kier alpha value is -1.70. The first kappa shape index (κ1) is 21.3. The van der Waals surface area contributed by atoms with E-state index in [0.29, 0.717) is 25.4 Å². The van der Waals surface area contributed by atoms with Crippen LogP contribution < -0.4 is 0 Å². The number of likely N-dealkylation sites (N-methyl/N-ethyl adjacent to an activating group) is 1. The Kier molecular flexibility index (Phi) is 10.9. The summed E-state index contributed by atoms with van der Waals surface area (Å²) in [6.07, 6.45) is 7.29. The summed E-state index contributed by atoms with van der Waals surface area (Å²) in [6.45, 7) is 8.78. The summed E-state index contributed by atoms with van der Waals surface area (Å²) >= 11 is 0. The molecule has 0 fully saturated rings. The topological polar surface area (TPSA) is 55.8 Å².